The molecule has 108 valence electrons. The lowest BCUT2D eigenvalue weighted by Crippen LogP contribution is -2.18. The highest BCUT2D eigenvalue weighted by atomic mass is 32.2. The maximum Gasteiger partial charge on any atom is 0.284 e. The average molecular weight is 305 g/mol. The number of hydrogen-bond acceptors (Lipinski definition) is 7. The Labute approximate surface area is 120 Å². The molecule has 0 saturated carbocycles. The first kappa shape index (κ1) is 13.2. The first-order valence-electron chi connectivity index (χ1n) is 5.93. The predicted molar refractivity (Wildman–Crippen MR) is 75.4 cm³/mol. The van der Waals surface area contributed by atoms with Gasteiger partial charge >= 0.3 is 0 Å². The maximum atomic E-state index is 12.5. The SMILES string of the molecule is CNc1nc2ccccn2c1S(=O)(=O)Nc1nccnn1. The largest absolute Gasteiger partial charge is 0.371 e. The van der Waals surface area contributed by atoms with Crippen molar-refractivity contribution in [2.45, 2.75) is 5.03 Å². The third-order valence-electron chi connectivity index (χ3n) is 2.69. The van der Waals surface area contributed by atoms with Crippen LogP contribution in [0.2, 0.25) is 0 Å². The summed E-state index contributed by atoms with van der Waals surface area (Å²) in [5, 5.41) is 9.93. The highest BCUT2D eigenvalue weighted by Crippen LogP contribution is 2.23. The molecule has 2 N–H and O–H groups in total. The number of aromatic nitrogens is 5. The third kappa shape index (κ3) is 2.36. The van der Waals surface area contributed by atoms with Crippen LogP contribution in [0.5, 0.6) is 0 Å². The van der Waals surface area contributed by atoms with Gasteiger partial charge in [0.25, 0.3) is 16.0 Å². The first-order valence-corrected chi connectivity index (χ1v) is 7.41. The number of fused-ring (bicyclic) bond motifs is 1. The summed E-state index contributed by atoms with van der Waals surface area (Å²) in [6, 6.07) is 5.20. The Bertz CT molecular complexity index is 876. The molecule has 21 heavy (non-hydrogen) atoms. The van der Waals surface area contributed by atoms with E-state index in [2.05, 4.69) is 30.2 Å². The maximum absolute atomic E-state index is 12.5. The fourth-order valence-corrected chi connectivity index (χ4v) is 3.10. The second kappa shape index (κ2) is 4.98. The van der Waals surface area contributed by atoms with Gasteiger partial charge in [-0.2, -0.15) is 13.5 Å². The molecule has 0 saturated heterocycles. The minimum atomic E-state index is -3.92. The summed E-state index contributed by atoms with van der Waals surface area (Å²) in [4.78, 5) is 8.01. The van der Waals surface area contributed by atoms with Crippen molar-refractivity contribution in [2.24, 2.45) is 0 Å². The first-order chi connectivity index (χ1) is 10.1. The van der Waals surface area contributed by atoms with Crippen LogP contribution >= 0.6 is 0 Å². The van der Waals surface area contributed by atoms with Crippen LogP contribution in [0.4, 0.5) is 11.8 Å². The van der Waals surface area contributed by atoms with Crippen molar-refractivity contribution in [2.75, 3.05) is 17.1 Å². The van der Waals surface area contributed by atoms with E-state index in [1.54, 1.807) is 31.4 Å². The van der Waals surface area contributed by atoms with E-state index in [1.165, 1.54) is 16.8 Å². The van der Waals surface area contributed by atoms with Crippen molar-refractivity contribution in [3.63, 3.8) is 0 Å². The Kier molecular flexibility index (Phi) is 3.14. The van der Waals surface area contributed by atoms with Crippen molar-refractivity contribution in [3.8, 4) is 0 Å². The molecule has 0 unspecified atom stereocenters. The van der Waals surface area contributed by atoms with E-state index >= 15 is 0 Å². The topological polar surface area (TPSA) is 114 Å². The number of anilines is 2. The summed E-state index contributed by atoms with van der Waals surface area (Å²) in [6.45, 7) is 0. The van der Waals surface area contributed by atoms with Crippen molar-refractivity contribution in [3.05, 3.63) is 36.8 Å². The fourth-order valence-electron chi connectivity index (χ4n) is 1.86. The lowest BCUT2D eigenvalue weighted by Gasteiger charge is -2.07. The second-order valence-corrected chi connectivity index (χ2v) is 5.61. The molecule has 0 spiro atoms. The third-order valence-corrected chi connectivity index (χ3v) is 4.04. The quantitative estimate of drug-likeness (QED) is 0.715. The number of nitrogens with one attached hydrogen (secondary N) is 2. The molecule has 0 aliphatic heterocycles. The Balaban J connectivity index is 2.14. The molecule has 3 aromatic heterocycles. The van der Waals surface area contributed by atoms with E-state index in [0.717, 1.165) is 0 Å². The van der Waals surface area contributed by atoms with Crippen LogP contribution in [0.1, 0.15) is 0 Å². The minimum Gasteiger partial charge on any atom is -0.371 e. The molecular formula is C11H11N7O2S. The van der Waals surface area contributed by atoms with Crippen molar-refractivity contribution in [1.82, 2.24) is 24.6 Å². The summed E-state index contributed by atoms with van der Waals surface area (Å²) in [7, 11) is -2.32. The van der Waals surface area contributed by atoms with Gasteiger partial charge in [-0.25, -0.2) is 14.7 Å². The van der Waals surface area contributed by atoms with Gasteiger partial charge in [0.15, 0.2) is 5.82 Å². The van der Waals surface area contributed by atoms with E-state index in [1.807, 2.05) is 0 Å². The van der Waals surface area contributed by atoms with Crippen molar-refractivity contribution in [1.29, 1.82) is 0 Å². The summed E-state index contributed by atoms with van der Waals surface area (Å²) >= 11 is 0. The Morgan fingerprint density at radius 3 is 2.81 bits per heavy atom. The van der Waals surface area contributed by atoms with Gasteiger partial charge in [-0.05, 0) is 12.1 Å². The number of nitrogens with zero attached hydrogens (tertiary/aromatic N) is 5. The van der Waals surface area contributed by atoms with Crippen LogP contribution in [-0.4, -0.2) is 40.0 Å². The van der Waals surface area contributed by atoms with Gasteiger partial charge in [0, 0.05) is 13.2 Å². The van der Waals surface area contributed by atoms with Crippen molar-refractivity contribution >= 4 is 27.4 Å². The zero-order chi connectivity index (χ0) is 14.9. The minimum absolute atomic E-state index is 0.0203. The molecule has 0 aromatic carbocycles. The molecule has 0 bridgehead atoms. The van der Waals surface area contributed by atoms with Crippen LogP contribution in [0.15, 0.2) is 41.8 Å². The molecule has 0 aliphatic rings. The van der Waals surface area contributed by atoms with Crippen LogP contribution in [-0.2, 0) is 10.0 Å². The molecule has 9 nitrogen and oxygen atoms in total. The summed E-state index contributed by atoms with van der Waals surface area (Å²) in [5.41, 5.74) is 0.509. The van der Waals surface area contributed by atoms with E-state index < -0.39 is 10.0 Å². The van der Waals surface area contributed by atoms with Crippen LogP contribution in [0.3, 0.4) is 0 Å². The number of imidazole rings is 1. The zero-order valence-electron chi connectivity index (χ0n) is 10.9. The molecule has 3 aromatic rings. The summed E-state index contributed by atoms with van der Waals surface area (Å²) in [6.07, 6.45) is 4.31. The van der Waals surface area contributed by atoms with E-state index in [4.69, 9.17) is 0 Å². The van der Waals surface area contributed by atoms with E-state index in [9.17, 15) is 8.42 Å². The molecule has 0 fully saturated rings. The molecule has 3 heterocycles. The lowest BCUT2D eigenvalue weighted by atomic mass is 10.5. The second-order valence-electron chi connectivity index (χ2n) is 4.02. The predicted octanol–water partition coefficient (Wildman–Crippen LogP) is 0.362. The monoisotopic (exact) mass is 305 g/mol. The fraction of sp³-hybridized carbons (Fsp3) is 0.0909. The van der Waals surface area contributed by atoms with Gasteiger partial charge in [0.1, 0.15) is 5.65 Å². The lowest BCUT2D eigenvalue weighted by molar-refractivity contribution is 0.596. The molecule has 0 aliphatic carbocycles. The van der Waals surface area contributed by atoms with Crippen LogP contribution < -0.4 is 10.0 Å². The van der Waals surface area contributed by atoms with Gasteiger partial charge in [-0.15, -0.1) is 5.10 Å². The number of pyridine rings is 1. The van der Waals surface area contributed by atoms with Gasteiger partial charge in [0.05, 0.1) is 12.4 Å². The normalized spacial score (nSPS) is 11.5. The smallest absolute Gasteiger partial charge is 0.284 e. The van der Waals surface area contributed by atoms with Gasteiger partial charge < -0.3 is 5.32 Å². The van der Waals surface area contributed by atoms with Gasteiger partial charge in [-0.1, -0.05) is 6.07 Å². The van der Waals surface area contributed by atoms with E-state index in [0.29, 0.717) is 5.65 Å². The van der Waals surface area contributed by atoms with Crippen LogP contribution in [0, 0.1) is 0 Å². The average Bonchev–Trinajstić information content (AvgIpc) is 2.87. The Morgan fingerprint density at radius 2 is 2.10 bits per heavy atom. The molecule has 3 rings (SSSR count). The number of rotatable bonds is 4. The van der Waals surface area contributed by atoms with Crippen molar-refractivity contribution < 1.29 is 8.42 Å². The zero-order valence-corrected chi connectivity index (χ0v) is 11.7. The summed E-state index contributed by atoms with van der Waals surface area (Å²) < 4.78 is 28.8. The van der Waals surface area contributed by atoms with Gasteiger partial charge in [0.2, 0.25) is 5.03 Å². The standard InChI is InChI=1S/C11H11N7O2S/c1-12-9-10(18-7-3-2-4-8(18)15-9)21(19,20)17-11-13-5-6-14-16-11/h2-7,12H,1H3,(H,13,16,17). The van der Waals surface area contributed by atoms with Gasteiger partial charge in [-0.3, -0.25) is 4.40 Å². The highest BCUT2D eigenvalue weighted by Gasteiger charge is 2.25. The molecule has 0 atom stereocenters. The Hall–Kier alpha value is -2.75. The van der Waals surface area contributed by atoms with E-state index in [-0.39, 0.29) is 16.8 Å². The molecule has 0 amide bonds. The molecular weight excluding hydrogens is 294 g/mol. The molecule has 10 heteroatoms. The Morgan fingerprint density at radius 1 is 1.24 bits per heavy atom. The highest BCUT2D eigenvalue weighted by molar-refractivity contribution is 7.92. The van der Waals surface area contributed by atoms with Crippen LogP contribution in [0.25, 0.3) is 5.65 Å². The summed E-state index contributed by atoms with van der Waals surface area (Å²) in [5.74, 6) is 0.128. The number of hydrogen-bond donors (Lipinski definition) is 2. The number of sulfonamides is 1. The molecule has 0 radical (unpaired) electrons.